The summed E-state index contributed by atoms with van der Waals surface area (Å²) in [7, 11) is 0. The van der Waals surface area contributed by atoms with Gasteiger partial charge in [-0.1, -0.05) is 13.3 Å². The molecular formula is C22H27FN4O. The molecule has 2 aliphatic rings. The van der Waals surface area contributed by atoms with Gasteiger partial charge in [-0.15, -0.1) is 0 Å². The van der Waals surface area contributed by atoms with Crippen molar-refractivity contribution in [1.82, 2.24) is 10.2 Å². The van der Waals surface area contributed by atoms with E-state index in [1.807, 2.05) is 6.92 Å². The summed E-state index contributed by atoms with van der Waals surface area (Å²) in [5.74, 6) is 1.26. The number of nitrogens with zero attached hydrogens (tertiary/aromatic N) is 3. The number of anilines is 1. The minimum Gasteiger partial charge on any atom is -0.315 e. The quantitative estimate of drug-likeness (QED) is 0.566. The first-order valence-electron chi connectivity index (χ1n) is 10.2. The lowest BCUT2D eigenvalue weighted by atomic mass is 9.93. The van der Waals surface area contributed by atoms with Crippen LogP contribution in [0.3, 0.4) is 0 Å². The summed E-state index contributed by atoms with van der Waals surface area (Å²) in [6, 6.07) is 3.19. The molecule has 2 atom stereocenters. The number of rotatable bonds is 7. The van der Waals surface area contributed by atoms with Crippen molar-refractivity contribution in [3.05, 3.63) is 40.5 Å². The van der Waals surface area contributed by atoms with Crippen molar-refractivity contribution in [2.45, 2.75) is 52.9 Å². The van der Waals surface area contributed by atoms with Crippen LogP contribution in [0.15, 0.2) is 17.1 Å². The van der Waals surface area contributed by atoms with E-state index in [2.05, 4.69) is 17.1 Å². The van der Waals surface area contributed by atoms with Crippen molar-refractivity contribution in [2.24, 2.45) is 16.8 Å². The molecule has 148 valence electrons. The molecule has 6 heteroatoms. The number of aromatic nitrogens is 2. The van der Waals surface area contributed by atoms with Crippen molar-refractivity contribution in [3.63, 3.8) is 0 Å². The maximum Gasteiger partial charge on any atom is 0.214 e. The van der Waals surface area contributed by atoms with Gasteiger partial charge in [0.25, 0.3) is 0 Å². The number of fused-ring (bicyclic) bond motifs is 2. The standard InChI is InChI=1S/C22H27FN4O/c1-4-6-19(22-17-8-14-7-15(14)9-21(17)25-26-22)24-20-11-16(27(5-2)12-28)10-18(23)13(20)3/h10-12,14-15H,4-9H2,1-3H3,(H,25,26)/b24-19+. The monoisotopic (exact) mass is 382 g/mol. The van der Waals surface area contributed by atoms with Crippen LogP contribution < -0.4 is 4.90 Å². The maximum absolute atomic E-state index is 14.5. The fourth-order valence-corrected chi connectivity index (χ4v) is 4.22. The number of hydrogen-bond acceptors (Lipinski definition) is 3. The van der Waals surface area contributed by atoms with E-state index in [0.29, 0.717) is 23.5 Å². The molecule has 2 unspecified atom stereocenters. The van der Waals surface area contributed by atoms with Crippen LogP contribution in [0.1, 0.15) is 55.6 Å². The Labute approximate surface area is 165 Å². The number of aromatic amines is 1. The van der Waals surface area contributed by atoms with Gasteiger partial charge >= 0.3 is 0 Å². The molecule has 1 aromatic carbocycles. The minimum atomic E-state index is -0.350. The van der Waals surface area contributed by atoms with Gasteiger partial charge in [0.05, 0.1) is 11.4 Å². The van der Waals surface area contributed by atoms with Gasteiger partial charge in [0.1, 0.15) is 11.5 Å². The van der Waals surface area contributed by atoms with Crippen molar-refractivity contribution in [3.8, 4) is 0 Å². The third kappa shape index (κ3) is 3.36. The van der Waals surface area contributed by atoms with Crippen molar-refractivity contribution < 1.29 is 9.18 Å². The van der Waals surface area contributed by atoms with Gasteiger partial charge in [0, 0.05) is 29.1 Å². The maximum atomic E-state index is 14.5. The summed E-state index contributed by atoms with van der Waals surface area (Å²) >= 11 is 0. The van der Waals surface area contributed by atoms with Crippen LogP contribution in [0, 0.1) is 24.6 Å². The van der Waals surface area contributed by atoms with E-state index in [1.54, 1.807) is 13.0 Å². The number of H-pyrrole nitrogens is 1. The molecule has 0 aliphatic heterocycles. The Hall–Kier alpha value is -2.50. The van der Waals surface area contributed by atoms with Gasteiger partial charge in [-0.05, 0) is 63.5 Å². The first-order chi connectivity index (χ1) is 13.5. The van der Waals surface area contributed by atoms with Crippen LogP contribution in [0.4, 0.5) is 15.8 Å². The molecule has 1 N–H and O–H groups in total. The molecule has 0 spiro atoms. The lowest BCUT2D eigenvalue weighted by Crippen LogP contribution is -2.20. The molecular weight excluding hydrogens is 355 g/mol. The Morgan fingerprint density at radius 2 is 2.14 bits per heavy atom. The molecule has 1 aromatic heterocycles. The predicted octanol–water partition coefficient (Wildman–Crippen LogP) is 4.50. The van der Waals surface area contributed by atoms with Crippen molar-refractivity contribution in [2.75, 3.05) is 11.4 Å². The van der Waals surface area contributed by atoms with Gasteiger partial charge in [0.15, 0.2) is 0 Å². The highest BCUT2D eigenvalue weighted by atomic mass is 19.1. The van der Waals surface area contributed by atoms with Gasteiger partial charge in [-0.3, -0.25) is 14.9 Å². The minimum absolute atomic E-state index is 0.350. The number of amides is 1. The number of aliphatic imine (C=N–C) groups is 1. The topological polar surface area (TPSA) is 61.4 Å². The van der Waals surface area contributed by atoms with E-state index in [0.717, 1.165) is 55.3 Å². The van der Waals surface area contributed by atoms with E-state index in [1.165, 1.54) is 28.6 Å². The molecule has 1 amide bonds. The normalized spacial score (nSPS) is 20.5. The molecule has 1 fully saturated rings. The number of carbonyl (C=O) groups excluding carboxylic acids is 1. The summed E-state index contributed by atoms with van der Waals surface area (Å²) in [6.07, 6.45) is 5.90. The second-order valence-electron chi connectivity index (χ2n) is 7.97. The SMILES string of the molecule is CCC/C(=N\c1cc(N(C=O)CC)cc(F)c1C)c1n[nH]c2c1CC1CC1C2. The molecule has 1 saturated carbocycles. The van der Waals surface area contributed by atoms with Gasteiger partial charge < -0.3 is 4.90 Å². The van der Waals surface area contributed by atoms with Gasteiger partial charge in [0.2, 0.25) is 6.41 Å². The molecule has 4 rings (SSSR count). The molecule has 1 heterocycles. The van der Waals surface area contributed by atoms with Crippen LogP contribution in [-0.2, 0) is 17.6 Å². The van der Waals surface area contributed by atoms with E-state index in [4.69, 9.17) is 4.99 Å². The fraction of sp³-hybridized carbons (Fsp3) is 0.500. The lowest BCUT2D eigenvalue weighted by Gasteiger charge is -2.17. The summed E-state index contributed by atoms with van der Waals surface area (Å²) in [6.45, 7) is 6.18. The number of hydrogen-bond donors (Lipinski definition) is 1. The van der Waals surface area contributed by atoms with Crippen molar-refractivity contribution in [1.29, 1.82) is 0 Å². The van der Waals surface area contributed by atoms with Crippen molar-refractivity contribution >= 4 is 23.5 Å². The highest BCUT2D eigenvalue weighted by Crippen LogP contribution is 2.48. The summed E-state index contributed by atoms with van der Waals surface area (Å²) in [5, 5.41) is 7.82. The van der Waals surface area contributed by atoms with Crippen LogP contribution in [-0.4, -0.2) is 28.9 Å². The Kier molecular flexibility index (Phi) is 5.04. The zero-order chi connectivity index (χ0) is 19.8. The van der Waals surface area contributed by atoms with E-state index >= 15 is 0 Å². The van der Waals surface area contributed by atoms with Crippen LogP contribution >= 0.6 is 0 Å². The fourth-order valence-electron chi connectivity index (χ4n) is 4.22. The third-order valence-corrected chi connectivity index (χ3v) is 6.07. The molecule has 0 bridgehead atoms. The third-order valence-electron chi connectivity index (χ3n) is 6.07. The van der Waals surface area contributed by atoms with E-state index in [9.17, 15) is 9.18 Å². The molecule has 0 saturated heterocycles. The zero-order valence-electron chi connectivity index (χ0n) is 16.8. The number of benzene rings is 1. The smallest absolute Gasteiger partial charge is 0.214 e. The predicted molar refractivity (Wildman–Crippen MR) is 109 cm³/mol. The average Bonchev–Trinajstić information content (AvgIpc) is 3.33. The zero-order valence-corrected chi connectivity index (χ0v) is 16.8. The van der Waals surface area contributed by atoms with Crippen LogP contribution in [0.2, 0.25) is 0 Å². The summed E-state index contributed by atoms with van der Waals surface area (Å²) in [5.41, 5.74) is 5.96. The molecule has 28 heavy (non-hydrogen) atoms. The number of halogens is 1. The highest BCUT2D eigenvalue weighted by Gasteiger charge is 2.43. The Morgan fingerprint density at radius 1 is 1.36 bits per heavy atom. The second-order valence-corrected chi connectivity index (χ2v) is 7.97. The van der Waals surface area contributed by atoms with Crippen LogP contribution in [0.25, 0.3) is 0 Å². The summed E-state index contributed by atoms with van der Waals surface area (Å²) in [4.78, 5) is 17.6. The molecule has 2 aliphatic carbocycles. The average molecular weight is 382 g/mol. The lowest BCUT2D eigenvalue weighted by molar-refractivity contribution is -0.107. The van der Waals surface area contributed by atoms with Crippen LogP contribution in [0.5, 0.6) is 0 Å². The van der Waals surface area contributed by atoms with Gasteiger partial charge in [-0.2, -0.15) is 5.10 Å². The first kappa shape index (κ1) is 18.8. The Balaban J connectivity index is 1.77. The Bertz CT molecular complexity index is 933. The Morgan fingerprint density at radius 3 is 2.86 bits per heavy atom. The van der Waals surface area contributed by atoms with Gasteiger partial charge in [-0.25, -0.2) is 4.39 Å². The molecule has 0 radical (unpaired) electrons. The number of carbonyl (C=O) groups is 1. The first-order valence-corrected chi connectivity index (χ1v) is 10.2. The second kappa shape index (κ2) is 7.49. The largest absolute Gasteiger partial charge is 0.315 e. The van der Waals surface area contributed by atoms with E-state index < -0.39 is 0 Å². The molecule has 2 aromatic rings. The van der Waals surface area contributed by atoms with E-state index in [-0.39, 0.29) is 5.82 Å². The highest BCUT2D eigenvalue weighted by molar-refractivity contribution is 6.02. The molecule has 5 nitrogen and oxygen atoms in total. The summed E-state index contributed by atoms with van der Waals surface area (Å²) < 4.78 is 14.5. The number of nitrogens with one attached hydrogen (secondary N) is 1.